The van der Waals surface area contributed by atoms with Crippen LogP contribution in [0.15, 0.2) is 42.5 Å². The van der Waals surface area contributed by atoms with E-state index in [1.165, 1.54) is 24.8 Å². The Hall–Kier alpha value is -2.40. The van der Waals surface area contributed by atoms with E-state index in [0.717, 1.165) is 37.6 Å². The molecule has 5 nitrogen and oxygen atoms in total. The first-order chi connectivity index (χ1) is 14.2. The summed E-state index contributed by atoms with van der Waals surface area (Å²) in [5, 5.41) is 0. The van der Waals surface area contributed by atoms with Gasteiger partial charge in [-0.25, -0.2) is 0 Å². The molecule has 0 radical (unpaired) electrons. The van der Waals surface area contributed by atoms with Gasteiger partial charge in [-0.05, 0) is 44.1 Å². The summed E-state index contributed by atoms with van der Waals surface area (Å²) in [5.41, 5.74) is 1.25. The molecule has 0 bridgehead atoms. The maximum atomic E-state index is 5.84. The Kier molecular flexibility index (Phi) is 10.2. The highest BCUT2D eigenvalue weighted by atomic mass is 16.5. The number of methoxy groups -OCH3 is 3. The van der Waals surface area contributed by atoms with E-state index >= 15 is 0 Å². The summed E-state index contributed by atoms with van der Waals surface area (Å²) in [4.78, 5) is 2.47. The molecule has 0 aliphatic carbocycles. The van der Waals surface area contributed by atoms with Crippen LogP contribution < -0.4 is 18.9 Å². The van der Waals surface area contributed by atoms with Crippen molar-refractivity contribution in [3.05, 3.63) is 48.0 Å². The lowest BCUT2D eigenvalue weighted by Crippen LogP contribution is -2.24. The van der Waals surface area contributed by atoms with Crippen LogP contribution >= 0.6 is 0 Å². The Morgan fingerprint density at radius 1 is 0.759 bits per heavy atom. The largest absolute Gasteiger partial charge is 0.496 e. The number of benzene rings is 2. The first kappa shape index (κ1) is 22.9. The van der Waals surface area contributed by atoms with Crippen LogP contribution in [-0.2, 0) is 6.54 Å². The summed E-state index contributed by atoms with van der Waals surface area (Å²) in [6.45, 7) is 6.01. The van der Waals surface area contributed by atoms with Gasteiger partial charge in [-0.3, -0.25) is 4.90 Å². The summed E-state index contributed by atoms with van der Waals surface area (Å²) in [7, 11) is 5.00. The molecule has 2 aromatic rings. The molecule has 0 N–H and O–H groups in total. The summed E-state index contributed by atoms with van der Waals surface area (Å²) in [5.74, 6) is 3.20. The number of para-hydroxylation sites is 1. The lowest BCUT2D eigenvalue weighted by molar-refractivity contribution is 0.263. The molecule has 0 heterocycles. The Balaban J connectivity index is 1.63. The third-order valence-corrected chi connectivity index (χ3v) is 5.03. The van der Waals surface area contributed by atoms with Gasteiger partial charge in [-0.2, -0.15) is 0 Å². The van der Waals surface area contributed by atoms with Gasteiger partial charge < -0.3 is 18.9 Å². The molecule has 2 rings (SSSR count). The third kappa shape index (κ3) is 7.50. The van der Waals surface area contributed by atoms with Crippen molar-refractivity contribution < 1.29 is 18.9 Å². The van der Waals surface area contributed by atoms with Crippen molar-refractivity contribution >= 4 is 0 Å². The molecule has 0 aliphatic heterocycles. The van der Waals surface area contributed by atoms with Crippen molar-refractivity contribution in [1.82, 2.24) is 4.90 Å². The average molecular weight is 402 g/mol. The molecule has 0 unspecified atom stereocenters. The Labute approximate surface area is 175 Å². The molecule has 2 aromatic carbocycles. The maximum Gasteiger partial charge on any atom is 0.164 e. The highest BCUT2D eigenvalue weighted by Gasteiger charge is 2.08. The zero-order chi connectivity index (χ0) is 20.9. The monoisotopic (exact) mass is 401 g/mol. The second kappa shape index (κ2) is 12.9. The van der Waals surface area contributed by atoms with Gasteiger partial charge >= 0.3 is 0 Å². The van der Waals surface area contributed by atoms with Crippen molar-refractivity contribution in [2.75, 3.05) is 41.0 Å². The van der Waals surface area contributed by atoms with Gasteiger partial charge in [0, 0.05) is 18.2 Å². The summed E-state index contributed by atoms with van der Waals surface area (Å²) < 4.78 is 21.9. The summed E-state index contributed by atoms with van der Waals surface area (Å²) in [6.07, 6.45) is 4.61. The molecule has 0 aromatic heterocycles. The lowest BCUT2D eigenvalue weighted by atomic mass is 10.1. The topological polar surface area (TPSA) is 40.2 Å². The van der Waals surface area contributed by atoms with E-state index in [-0.39, 0.29) is 0 Å². The van der Waals surface area contributed by atoms with E-state index in [4.69, 9.17) is 18.9 Å². The van der Waals surface area contributed by atoms with Crippen LogP contribution in [0.3, 0.4) is 0 Å². The Morgan fingerprint density at radius 2 is 1.48 bits per heavy atom. The van der Waals surface area contributed by atoms with Crippen LogP contribution in [0.4, 0.5) is 0 Å². The molecular formula is C24H35NO4. The first-order valence-corrected chi connectivity index (χ1v) is 10.4. The molecule has 0 atom stereocenters. The van der Waals surface area contributed by atoms with E-state index in [1.807, 2.05) is 30.3 Å². The molecule has 0 amide bonds. The third-order valence-electron chi connectivity index (χ3n) is 5.03. The van der Waals surface area contributed by atoms with Gasteiger partial charge in [0.15, 0.2) is 11.5 Å². The fraction of sp³-hybridized carbons (Fsp3) is 0.500. The highest BCUT2D eigenvalue weighted by molar-refractivity contribution is 5.45. The zero-order valence-corrected chi connectivity index (χ0v) is 18.3. The number of ether oxygens (including phenoxy) is 4. The predicted molar refractivity (Wildman–Crippen MR) is 117 cm³/mol. The van der Waals surface area contributed by atoms with E-state index in [1.54, 1.807) is 21.3 Å². The predicted octanol–water partition coefficient (Wildman–Crippen LogP) is 5.17. The van der Waals surface area contributed by atoms with Crippen molar-refractivity contribution in [1.29, 1.82) is 0 Å². The molecule has 0 fully saturated rings. The van der Waals surface area contributed by atoms with Crippen molar-refractivity contribution in [3.63, 3.8) is 0 Å². The molecule has 0 saturated heterocycles. The van der Waals surface area contributed by atoms with E-state index in [0.29, 0.717) is 18.1 Å². The van der Waals surface area contributed by atoms with Crippen LogP contribution in [0.5, 0.6) is 23.0 Å². The van der Waals surface area contributed by atoms with Gasteiger partial charge in [-0.1, -0.05) is 38.0 Å². The van der Waals surface area contributed by atoms with Gasteiger partial charge in [0.05, 0.1) is 27.9 Å². The number of nitrogens with zero attached hydrogens (tertiary/aromatic N) is 1. The quantitative estimate of drug-likeness (QED) is 0.408. The highest BCUT2D eigenvalue weighted by Crippen LogP contribution is 2.30. The Morgan fingerprint density at radius 3 is 2.21 bits per heavy atom. The van der Waals surface area contributed by atoms with Crippen LogP contribution in [-0.4, -0.2) is 45.9 Å². The van der Waals surface area contributed by atoms with E-state index < -0.39 is 0 Å². The molecule has 160 valence electrons. The fourth-order valence-electron chi connectivity index (χ4n) is 3.31. The summed E-state index contributed by atoms with van der Waals surface area (Å²) >= 11 is 0. The number of hydrogen-bond donors (Lipinski definition) is 0. The van der Waals surface area contributed by atoms with Crippen LogP contribution in [0.2, 0.25) is 0 Å². The van der Waals surface area contributed by atoms with Crippen LogP contribution in [0.25, 0.3) is 0 Å². The lowest BCUT2D eigenvalue weighted by Gasteiger charge is -2.21. The maximum absolute atomic E-state index is 5.84. The van der Waals surface area contributed by atoms with Gasteiger partial charge in [0.25, 0.3) is 0 Å². The fourth-order valence-corrected chi connectivity index (χ4v) is 3.31. The average Bonchev–Trinajstić information content (AvgIpc) is 2.77. The first-order valence-electron chi connectivity index (χ1n) is 10.4. The SMILES string of the molecule is CCN(CCCCCCOc1ccc(OC)c(OC)c1)Cc1ccccc1OC. The summed E-state index contributed by atoms with van der Waals surface area (Å²) in [6, 6.07) is 13.9. The van der Waals surface area contributed by atoms with E-state index in [9.17, 15) is 0 Å². The minimum atomic E-state index is 0.694. The molecular weight excluding hydrogens is 366 g/mol. The van der Waals surface area contributed by atoms with Gasteiger partial charge in [0.1, 0.15) is 11.5 Å². The van der Waals surface area contributed by atoms with Crippen LogP contribution in [0, 0.1) is 0 Å². The van der Waals surface area contributed by atoms with Crippen molar-refractivity contribution in [2.45, 2.75) is 39.2 Å². The zero-order valence-electron chi connectivity index (χ0n) is 18.3. The smallest absolute Gasteiger partial charge is 0.164 e. The number of unbranched alkanes of at least 4 members (excludes halogenated alkanes) is 3. The normalized spacial score (nSPS) is 10.8. The minimum absolute atomic E-state index is 0.694. The van der Waals surface area contributed by atoms with Gasteiger partial charge in [-0.15, -0.1) is 0 Å². The van der Waals surface area contributed by atoms with Crippen molar-refractivity contribution in [2.24, 2.45) is 0 Å². The molecule has 0 saturated carbocycles. The second-order valence-electron chi connectivity index (χ2n) is 6.96. The van der Waals surface area contributed by atoms with E-state index in [2.05, 4.69) is 24.0 Å². The van der Waals surface area contributed by atoms with Crippen molar-refractivity contribution in [3.8, 4) is 23.0 Å². The molecule has 0 spiro atoms. The van der Waals surface area contributed by atoms with Gasteiger partial charge in [0.2, 0.25) is 0 Å². The van der Waals surface area contributed by atoms with Crippen LogP contribution in [0.1, 0.15) is 38.2 Å². The molecule has 5 heteroatoms. The standard InChI is InChI=1S/C24H35NO4/c1-5-25(19-20-12-8-9-13-22(20)26-2)16-10-6-7-11-17-29-21-14-15-23(27-3)24(18-21)28-4/h8-9,12-15,18H,5-7,10-11,16-17,19H2,1-4H3. The number of rotatable bonds is 14. The minimum Gasteiger partial charge on any atom is -0.496 e. The Bertz CT molecular complexity index is 720. The number of hydrogen-bond acceptors (Lipinski definition) is 5. The molecule has 0 aliphatic rings. The second-order valence-corrected chi connectivity index (χ2v) is 6.96. The molecule has 29 heavy (non-hydrogen) atoms.